The van der Waals surface area contributed by atoms with Crippen molar-refractivity contribution in [2.45, 2.75) is 38.8 Å². The molecule has 0 radical (unpaired) electrons. The molecule has 5 nitrogen and oxygen atoms in total. The van der Waals surface area contributed by atoms with E-state index < -0.39 is 17.9 Å². The molecule has 1 aliphatic heterocycles. The SMILES string of the molecule is CC(C)OC(=O)[C@@H]1CC=CC[C@@H]1C(=O)N1C=Cc2ccccc2[C@H]1C#N. The standard InChI is InChI=1S/C21H22N2O3/c1-14(2)26-21(25)18-10-6-5-9-17(18)20(24)23-12-11-15-7-3-4-8-16(15)19(23)13-22/h3-8,11-12,14,17-19H,9-10H2,1-2H3/t17-,18+,19+/m0/s1. The maximum atomic E-state index is 13.2. The van der Waals surface area contributed by atoms with Crippen LogP contribution < -0.4 is 0 Å². The smallest absolute Gasteiger partial charge is 0.310 e. The van der Waals surface area contributed by atoms with Crippen LogP contribution in [0.5, 0.6) is 0 Å². The van der Waals surface area contributed by atoms with E-state index in [1.165, 1.54) is 4.90 Å². The average molecular weight is 350 g/mol. The van der Waals surface area contributed by atoms with Gasteiger partial charge in [0.2, 0.25) is 5.91 Å². The largest absolute Gasteiger partial charge is 0.463 e. The summed E-state index contributed by atoms with van der Waals surface area (Å²) in [7, 11) is 0. The van der Waals surface area contributed by atoms with Crippen LogP contribution in [0.2, 0.25) is 0 Å². The predicted octanol–water partition coefficient (Wildman–Crippen LogP) is 3.60. The van der Waals surface area contributed by atoms with Gasteiger partial charge >= 0.3 is 5.97 Å². The van der Waals surface area contributed by atoms with Crippen LogP contribution in [-0.2, 0) is 14.3 Å². The first-order chi connectivity index (χ1) is 12.5. The lowest BCUT2D eigenvalue weighted by molar-refractivity contribution is -0.158. The molecule has 1 aliphatic carbocycles. The number of allylic oxidation sites excluding steroid dienone is 2. The number of esters is 1. The van der Waals surface area contributed by atoms with Crippen LogP contribution in [0.1, 0.15) is 43.9 Å². The second-order valence-electron chi connectivity index (χ2n) is 6.86. The van der Waals surface area contributed by atoms with Crippen LogP contribution in [0.15, 0.2) is 42.6 Å². The van der Waals surface area contributed by atoms with Crippen LogP contribution >= 0.6 is 0 Å². The van der Waals surface area contributed by atoms with E-state index in [-0.39, 0.29) is 18.0 Å². The van der Waals surface area contributed by atoms with Gasteiger partial charge in [-0.2, -0.15) is 5.26 Å². The lowest BCUT2D eigenvalue weighted by Gasteiger charge is -2.34. The first-order valence-electron chi connectivity index (χ1n) is 8.87. The van der Waals surface area contributed by atoms with Gasteiger partial charge in [0.25, 0.3) is 0 Å². The molecule has 0 spiro atoms. The van der Waals surface area contributed by atoms with Crippen molar-refractivity contribution >= 4 is 18.0 Å². The van der Waals surface area contributed by atoms with Crippen molar-refractivity contribution in [1.29, 1.82) is 5.26 Å². The van der Waals surface area contributed by atoms with E-state index in [4.69, 9.17) is 4.74 Å². The van der Waals surface area contributed by atoms with E-state index in [0.717, 1.165) is 11.1 Å². The number of nitriles is 1. The molecule has 1 amide bonds. The van der Waals surface area contributed by atoms with Crippen LogP contribution in [-0.4, -0.2) is 22.9 Å². The van der Waals surface area contributed by atoms with Crippen molar-refractivity contribution in [2.75, 3.05) is 0 Å². The van der Waals surface area contributed by atoms with E-state index in [0.29, 0.717) is 12.8 Å². The number of carbonyl (C=O) groups is 2. The second-order valence-corrected chi connectivity index (χ2v) is 6.86. The zero-order valence-electron chi connectivity index (χ0n) is 15.0. The summed E-state index contributed by atoms with van der Waals surface area (Å²) in [5.41, 5.74) is 1.74. The highest BCUT2D eigenvalue weighted by atomic mass is 16.5. The fourth-order valence-electron chi connectivity index (χ4n) is 3.50. The molecule has 1 aromatic carbocycles. The highest BCUT2D eigenvalue weighted by molar-refractivity contribution is 5.88. The molecule has 2 aliphatic rings. The van der Waals surface area contributed by atoms with Crippen molar-refractivity contribution in [2.24, 2.45) is 11.8 Å². The summed E-state index contributed by atoms with van der Waals surface area (Å²) in [5, 5.41) is 9.67. The van der Waals surface area contributed by atoms with Gasteiger partial charge in [0.05, 0.1) is 24.0 Å². The van der Waals surface area contributed by atoms with Gasteiger partial charge in [-0.3, -0.25) is 14.5 Å². The van der Waals surface area contributed by atoms with Gasteiger partial charge < -0.3 is 4.74 Å². The zero-order chi connectivity index (χ0) is 18.7. The predicted molar refractivity (Wildman–Crippen MR) is 97.3 cm³/mol. The van der Waals surface area contributed by atoms with Crippen LogP contribution in [0.25, 0.3) is 6.08 Å². The molecule has 0 N–H and O–H groups in total. The molecule has 3 rings (SSSR count). The molecular weight excluding hydrogens is 328 g/mol. The van der Waals surface area contributed by atoms with Gasteiger partial charge in [0.1, 0.15) is 6.04 Å². The molecule has 0 saturated carbocycles. The van der Waals surface area contributed by atoms with Crippen molar-refractivity contribution in [3.8, 4) is 6.07 Å². The Bertz CT molecular complexity index is 804. The number of nitrogens with zero attached hydrogens (tertiary/aromatic N) is 2. The van der Waals surface area contributed by atoms with Gasteiger partial charge in [0, 0.05) is 6.20 Å². The van der Waals surface area contributed by atoms with E-state index in [1.54, 1.807) is 20.0 Å². The minimum atomic E-state index is -0.684. The molecule has 5 heteroatoms. The van der Waals surface area contributed by atoms with Crippen molar-refractivity contribution in [3.05, 3.63) is 53.7 Å². The Morgan fingerprint density at radius 1 is 1.19 bits per heavy atom. The third-order valence-electron chi connectivity index (χ3n) is 4.76. The molecule has 0 aromatic heterocycles. The number of hydrogen-bond donors (Lipinski definition) is 0. The first-order valence-corrected chi connectivity index (χ1v) is 8.87. The van der Waals surface area contributed by atoms with Crippen LogP contribution in [0.4, 0.5) is 0 Å². The molecule has 134 valence electrons. The lowest BCUT2D eigenvalue weighted by atomic mass is 9.81. The van der Waals surface area contributed by atoms with E-state index in [9.17, 15) is 14.9 Å². The number of hydrogen-bond acceptors (Lipinski definition) is 4. The Kier molecular flexibility index (Phi) is 5.22. The molecule has 0 unspecified atom stereocenters. The number of amides is 1. The van der Waals surface area contributed by atoms with Gasteiger partial charge in [-0.05, 0) is 43.9 Å². The zero-order valence-corrected chi connectivity index (χ0v) is 15.0. The van der Waals surface area contributed by atoms with Gasteiger partial charge in [0.15, 0.2) is 0 Å². The Morgan fingerprint density at radius 3 is 2.58 bits per heavy atom. The molecule has 0 saturated heterocycles. The summed E-state index contributed by atoms with van der Waals surface area (Å²) in [6.45, 7) is 3.59. The highest BCUT2D eigenvalue weighted by Crippen LogP contribution is 2.35. The number of benzene rings is 1. The minimum absolute atomic E-state index is 0.211. The van der Waals surface area contributed by atoms with E-state index in [1.807, 2.05) is 42.5 Å². The fourth-order valence-corrected chi connectivity index (χ4v) is 3.50. The summed E-state index contributed by atoms with van der Waals surface area (Å²) >= 11 is 0. The number of rotatable bonds is 3. The average Bonchev–Trinajstić information content (AvgIpc) is 2.66. The minimum Gasteiger partial charge on any atom is -0.463 e. The Labute approximate surface area is 153 Å². The number of ether oxygens (including phenoxy) is 1. The molecule has 3 atom stereocenters. The summed E-state index contributed by atoms with van der Waals surface area (Å²) in [6.07, 6.45) is 8.05. The van der Waals surface area contributed by atoms with Crippen molar-refractivity contribution in [3.63, 3.8) is 0 Å². The Hall–Kier alpha value is -2.87. The van der Waals surface area contributed by atoms with Crippen molar-refractivity contribution < 1.29 is 14.3 Å². The molecule has 26 heavy (non-hydrogen) atoms. The monoisotopic (exact) mass is 350 g/mol. The van der Waals surface area contributed by atoms with Gasteiger partial charge in [-0.25, -0.2) is 0 Å². The Morgan fingerprint density at radius 2 is 1.88 bits per heavy atom. The quantitative estimate of drug-likeness (QED) is 0.617. The van der Waals surface area contributed by atoms with Crippen LogP contribution in [0.3, 0.4) is 0 Å². The van der Waals surface area contributed by atoms with Gasteiger partial charge in [-0.1, -0.05) is 36.4 Å². The van der Waals surface area contributed by atoms with E-state index in [2.05, 4.69) is 6.07 Å². The molecule has 1 aromatic rings. The first kappa shape index (κ1) is 17.9. The normalized spacial score (nSPS) is 24.1. The van der Waals surface area contributed by atoms with E-state index >= 15 is 0 Å². The Balaban J connectivity index is 1.87. The molecule has 0 bridgehead atoms. The number of fused-ring (bicyclic) bond motifs is 1. The summed E-state index contributed by atoms with van der Waals surface area (Å²) in [5.74, 6) is -1.59. The molecule has 0 fully saturated rings. The lowest BCUT2D eigenvalue weighted by Crippen LogP contribution is -2.42. The molecule has 1 heterocycles. The summed E-state index contributed by atoms with van der Waals surface area (Å²) < 4.78 is 5.34. The highest BCUT2D eigenvalue weighted by Gasteiger charge is 2.40. The molecular formula is C21H22N2O3. The third kappa shape index (κ3) is 3.41. The second kappa shape index (κ2) is 7.57. The summed E-state index contributed by atoms with van der Waals surface area (Å²) in [6, 6.07) is 9.08. The fraction of sp³-hybridized carbons (Fsp3) is 0.381. The van der Waals surface area contributed by atoms with Crippen molar-refractivity contribution in [1.82, 2.24) is 4.90 Å². The number of carbonyl (C=O) groups excluding carboxylic acids is 2. The van der Waals surface area contributed by atoms with Crippen LogP contribution in [0, 0.1) is 23.2 Å². The topological polar surface area (TPSA) is 70.4 Å². The maximum Gasteiger partial charge on any atom is 0.310 e. The maximum absolute atomic E-state index is 13.2. The summed E-state index contributed by atoms with van der Waals surface area (Å²) in [4.78, 5) is 27.1. The van der Waals surface area contributed by atoms with Gasteiger partial charge in [-0.15, -0.1) is 0 Å². The third-order valence-corrected chi connectivity index (χ3v) is 4.76.